The van der Waals surface area contributed by atoms with E-state index in [9.17, 15) is 22.8 Å². The van der Waals surface area contributed by atoms with E-state index in [4.69, 9.17) is 16.0 Å². The number of fused-ring (bicyclic) bond motifs is 2. The van der Waals surface area contributed by atoms with Crippen LogP contribution in [0.2, 0.25) is 5.02 Å². The van der Waals surface area contributed by atoms with Gasteiger partial charge in [-0.25, -0.2) is 9.78 Å². The number of carbonyl (C=O) groups excluding carboxylic acids is 1. The molecule has 1 amide bonds. The van der Waals surface area contributed by atoms with E-state index in [1.807, 2.05) is 0 Å². The minimum absolute atomic E-state index is 0.152. The van der Waals surface area contributed by atoms with Crippen LogP contribution in [0, 0.1) is 0 Å². The van der Waals surface area contributed by atoms with Crippen LogP contribution in [0.5, 0.6) is 0 Å². The van der Waals surface area contributed by atoms with Crippen LogP contribution in [-0.4, -0.2) is 23.0 Å². The van der Waals surface area contributed by atoms with Crippen molar-refractivity contribution in [2.75, 3.05) is 5.32 Å². The van der Waals surface area contributed by atoms with Crippen LogP contribution in [0.3, 0.4) is 0 Å². The number of carbonyl (C=O) groups is 1. The molecule has 10 heteroatoms. The summed E-state index contributed by atoms with van der Waals surface area (Å²) in [5, 5.41) is 7.80. The number of alkyl halides is 3. The molecule has 5 rings (SSSR count). The van der Waals surface area contributed by atoms with Crippen molar-refractivity contribution in [1.82, 2.24) is 10.3 Å². The van der Waals surface area contributed by atoms with E-state index in [1.54, 1.807) is 30.3 Å². The highest BCUT2D eigenvalue weighted by molar-refractivity contribution is 6.31. The maximum absolute atomic E-state index is 13.5. The quantitative estimate of drug-likeness (QED) is 0.318. The van der Waals surface area contributed by atoms with Crippen LogP contribution in [-0.2, 0) is 6.18 Å². The molecule has 36 heavy (non-hydrogen) atoms. The predicted molar refractivity (Wildman–Crippen MR) is 131 cm³/mol. The summed E-state index contributed by atoms with van der Waals surface area (Å²) in [5.41, 5.74) is -0.119. The van der Waals surface area contributed by atoms with Gasteiger partial charge in [0.05, 0.1) is 5.52 Å². The molecule has 1 saturated carbocycles. The zero-order chi connectivity index (χ0) is 25.4. The van der Waals surface area contributed by atoms with E-state index in [2.05, 4.69) is 15.6 Å². The Morgan fingerprint density at radius 3 is 2.64 bits per heavy atom. The summed E-state index contributed by atoms with van der Waals surface area (Å²) in [6.45, 7) is 0. The Hall–Kier alpha value is -3.59. The summed E-state index contributed by atoms with van der Waals surface area (Å²) in [6, 6.07) is 13.0. The molecule has 0 radical (unpaired) electrons. The molecule has 2 aromatic carbocycles. The first-order valence-electron chi connectivity index (χ1n) is 11.4. The molecule has 6 nitrogen and oxygen atoms in total. The summed E-state index contributed by atoms with van der Waals surface area (Å²) in [4.78, 5) is 28.0. The van der Waals surface area contributed by atoms with Gasteiger partial charge >= 0.3 is 11.8 Å². The van der Waals surface area contributed by atoms with E-state index in [-0.39, 0.29) is 23.5 Å². The van der Waals surface area contributed by atoms with Crippen molar-refractivity contribution in [3.05, 3.63) is 81.3 Å². The van der Waals surface area contributed by atoms with Crippen LogP contribution >= 0.6 is 11.6 Å². The molecule has 2 aromatic heterocycles. The van der Waals surface area contributed by atoms with Crippen molar-refractivity contribution in [2.24, 2.45) is 0 Å². The van der Waals surface area contributed by atoms with Crippen molar-refractivity contribution >= 4 is 45.1 Å². The van der Waals surface area contributed by atoms with Crippen molar-refractivity contribution in [3.8, 4) is 0 Å². The number of aromatic nitrogens is 1. The third-order valence-electron chi connectivity index (χ3n) is 6.31. The number of pyridine rings is 1. The topological polar surface area (TPSA) is 84.2 Å². The van der Waals surface area contributed by atoms with Gasteiger partial charge in [-0.15, -0.1) is 0 Å². The van der Waals surface area contributed by atoms with Crippen molar-refractivity contribution in [2.45, 2.75) is 43.9 Å². The molecule has 2 heterocycles. The fourth-order valence-corrected chi connectivity index (χ4v) is 4.79. The first kappa shape index (κ1) is 24.1. The number of rotatable bonds is 4. The lowest BCUT2D eigenvalue weighted by Gasteiger charge is -2.31. The zero-order valence-corrected chi connectivity index (χ0v) is 19.6. The third-order valence-corrected chi connectivity index (χ3v) is 6.55. The van der Waals surface area contributed by atoms with E-state index in [1.165, 1.54) is 18.2 Å². The Balaban J connectivity index is 1.33. The Morgan fingerprint density at radius 2 is 1.83 bits per heavy atom. The average molecular weight is 516 g/mol. The molecule has 0 unspecified atom stereocenters. The van der Waals surface area contributed by atoms with E-state index >= 15 is 0 Å². The number of benzene rings is 2. The van der Waals surface area contributed by atoms with Gasteiger partial charge in [-0.3, -0.25) is 4.79 Å². The van der Waals surface area contributed by atoms with Gasteiger partial charge in [-0.05, 0) is 74.2 Å². The monoisotopic (exact) mass is 515 g/mol. The van der Waals surface area contributed by atoms with Gasteiger partial charge in [0.25, 0.3) is 5.91 Å². The minimum Gasteiger partial charge on any atom is -0.423 e. The summed E-state index contributed by atoms with van der Waals surface area (Å²) < 4.78 is 45.5. The SMILES string of the molecule is O=C(N[C@@H]1CCC[C@H](Nc2cc(C(F)(F)F)nc3ccc(Cl)cc23)C1)c1ccc2oc(=O)ccc2c1. The van der Waals surface area contributed by atoms with Gasteiger partial charge in [0, 0.05) is 45.2 Å². The zero-order valence-electron chi connectivity index (χ0n) is 18.9. The molecule has 2 N–H and O–H groups in total. The van der Waals surface area contributed by atoms with Gasteiger partial charge in [-0.1, -0.05) is 11.6 Å². The molecular formula is C26H21ClF3N3O3. The van der Waals surface area contributed by atoms with Crippen LogP contribution in [0.15, 0.2) is 63.8 Å². The van der Waals surface area contributed by atoms with Crippen LogP contribution in [0.4, 0.5) is 18.9 Å². The lowest BCUT2D eigenvalue weighted by molar-refractivity contribution is -0.140. The number of hydrogen-bond donors (Lipinski definition) is 2. The number of nitrogens with zero attached hydrogens (tertiary/aromatic N) is 1. The third kappa shape index (κ3) is 5.16. The molecule has 1 aliphatic rings. The Kier molecular flexibility index (Phi) is 6.34. The molecule has 0 bridgehead atoms. The number of halogens is 4. The Labute approximate surface area is 208 Å². The molecular weight excluding hydrogens is 495 g/mol. The Morgan fingerprint density at radius 1 is 1.03 bits per heavy atom. The van der Waals surface area contributed by atoms with Crippen molar-refractivity contribution in [3.63, 3.8) is 0 Å². The first-order valence-corrected chi connectivity index (χ1v) is 11.8. The number of amides is 1. The Bertz CT molecular complexity index is 1520. The normalized spacial score (nSPS) is 18.3. The lowest BCUT2D eigenvalue weighted by atomic mass is 9.90. The van der Waals surface area contributed by atoms with Gasteiger partial charge in [0.15, 0.2) is 0 Å². The molecule has 0 saturated heterocycles. The highest BCUT2D eigenvalue weighted by Crippen LogP contribution is 2.35. The van der Waals surface area contributed by atoms with Crippen molar-refractivity contribution in [1.29, 1.82) is 0 Å². The van der Waals surface area contributed by atoms with E-state index in [0.717, 1.165) is 25.3 Å². The number of nitrogens with one attached hydrogen (secondary N) is 2. The van der Waals surface area contributed by atoms with Crippen LogP contribution in [0.1, 0.15) is 41.7 Å². The average Bonchev–Trinajstić information content (AvgIpc) is 2.83. The smallest absolute Gasteiger partial charge is 0.423 e. The molecule has 1 aliphatic carbocycles. The fourth-order valence-electron chi connectivity index (χ4n) is 4.62. The molecule has 0 aliphatic heterocycles. The second-order valence-electron chi connectivity index (χ2n) is 8.90. The predicted octanol–water partition coefficient (Wildman–Crippen LogP) is 6.17. The summed E-state index contributed by atoms with van der Waals surface area (Å²) in [6.07, 6.45) is -1.76. The fraction of sp³-hybridized carbons (Fsp3) is 0.269. The lowest BCUT2D eigenvalue weighted by Crippen LogP contribution is -2.41. The van der Waals surface area contributed by atoms with Gasteiger partial charge < -0.3 is 15.1 Å². The van der Waals surface area contributed by atoms with Crippen molar-refractivity contribution < 1.29 is 22.4 Å². The van der Waals surface area contributed by atoms with Crippen LogP contribution in [0.25, 0.3) is 21.9 Å². The maximum Gasteiger partial charge on any atom is 0.433 e. The summed E-state index contributed by atoms with van der Waals surface area (Å²) in [5.74, 6) is -0.269. The van der Waals surface area contributed by atoms with Crippen LogP contribution < -0.4 is 16.3 Å². The summed E-state index contributed by atoms with van der Waals surface area (Å²) in [7, 11) is 0. The number of anilines is 1. The van der Waals surface area contributed by atoms with Gasteiger partial charge in [0.1, 0.15) is 11.3 Å². The van der Waals surface area contributed by atoms with Gasteiger partial charge in [0.2, 0.25) is 0 Å². The molecule has 0 spiro atoms. The first-order chi connectivity index (χ1) is 17.2. The second-order valence-corrected chi connectivity index (χ2v) is 9.34. The summed E-state index contributed by atoms with van der Waals surface area (Å²) >= 11 is 6.10. The highest BCUT2D eigenvalue weighted by Gasteiger charge is 2.34. The highest BCUT2D eigenvalue weighted by atomic mass is 35.5. The number of hydrogen-bond acceptors (Lipinski definition) is 5. The second kappa shape index (κ2) is 9.46. The van der Waals surface area contributed by atoms with E-state index in [0.29, 0.717) is 39.0 Å². The maximum atomic E-state index is 13.5. The minimum atomic E-state index is -4.59. The van der Waals surface area contributed by atoms with Gasteiger partial charge in [-0.2, -0.15) is 13.2 Å². The molecule has 1 fully saturated rings. The standard InChI is InChI=1S/C26H21ClF3N3O3/c27-16-6-7-20-19(11-16)21(13-23(33-20)26(28,29)30)31-17-2-1-3-18(12-17)32-25(35)15-4-8-22-14(10-15)5-9-24(34)36-22/h4-11,13,17-18H,1-3,12H2,(H,31,33)(H,32,35)/t17-,18+/m0/s1. The largest absolute Gasteiger partial charge is 0.433 e. The van der Waals surface area contributed by atoms with E-state index < -0.39 is 17.5 Å². The molecule has 4 aromatic rings. The molecule has 186 valence electrons. The molecule has 2 atom stereocenters.